The highest BCUT2D eigenvalue weighted by molar-refractivity contribution is 7.20. The molecule has 0 unspecified atom stereocenters. The van der Waals surface area contributed by atoms with E-state index in [1.165, 1.54) is 11.3 Å². The first-order chi connectivity index (χ1) is 13.9. The Labute approximate surface area is 182 Å². The molecule has 1 aliphatic carbocycles. The fourth-order valence-corrected chi connectivity index (χ4v) is 4.70. The van der Waals surface area contributed by atoms with Gasteiger partial charge in [0.25, 0.3) is 5.91 Å². The normalized spacial score (nSPS) is 13.6. The molecule has 0 saturated heterocycles. The van der Waals surface area contributed by atoms with E-state index in [1.54, 1.807) is 18.2 Å². The summed E-state index contributed by atoms with van der Waals surface area (Å²) < 4.78 is 1.83. The van der Waals surface area contributed by atoms with Crippen LogP contribution in [0, 0.1) is 12.8 Å². The zero-order valence-corrected chi connectivity index (χ0v) is 18.1. The minimum absolute atomic E-state index is 0.0788. The Morgan fingerprint density at radius 1 is 1.21 bits per heavy atom. The maximum absolute atomic E-state index is 12.5. The molecule has 2 N–H and O–H groups in total. The maximum Gasteiger partial charge on any atom is 0.261 e. The summed E-state index contributed by atoms with van der Waals surface area (Å²) >= 11 is 14.0. The van der Waals surface area contributed by atoms with Crippen molar-refractivity contribution in [1.29, 1.82) is 0 Å². The van der Waals surface area contributed by atoms with Crippen molar-refractivity contribution in [1.82, 2.24) is 20.4 Å². The van der Waals surface area contributed by atoms with Gasteiger partial charge >= 0.3 is 0 Å². The number of amides is 2. The Morgan fingerprint density at radius 2 is 1.90 bits per heavy atom. The minimum Gasteiger partial charge on any atom is -0.354 e. The lowest BCUT2D eigenvalue weighted by molar-refractivity contribution is -0.122. The van der Waals surface area contributed by atoms with Crippen molar-refractivity contribution in [2.45, 2.75) is 26.3 Å². The third-order valence-corrected chi connectivity index (χ3v) is 6.71. The van der Waals surface area contributed by atoms with Crippen LogP contribution in [0.25, 0.3) is 10.2 Å². The lowest BCUT2D eigenvalue weighted by Gasteiger charge is -2.07. The first-order valence-electron chi connectivity index (χ1n) is 9.40. The Morgan fingerprint density at radius 3 is 2.59 bits per heavy atom. The summed E-state index contributed by atoms with van der Waals surface area (Å²) in [6.45, 7) is 3.17. The number of aryl methyl sites for hydroxylation is 1. The predicted octanol–water partition coefficient (Wildman–Crippen LogP) is 4.02. The van der Waals surface area contributed by atoms with Crippen molar-refractivity contribution >= 4 is 56.6 Å². The number of fused-ring (bicyclic) bond motifs is 1. The van der Waals surface area contributed by atoms with Crippen LogP contribution in [0.5, 0.6) is 0 Å². The van der Waals surface area contributed by atoms with E-state index in [0.717, 1.165) is 34.3 Å². The number of carbonyl (C=O) groups excluding carboxylic acids is 2. The largest absolute Gasteiger partial charge is 0.354 e. The second-order valence-electron chi connectivity index (χ2n) is 7.09. The standard InChI is InChI=1S/C20H20Cl2N4O2S/c1-11-13-9-17(19(28)24-8-7-23-18(27)12-5-6-12)29-20(13)26(25-11)10-14-15(21)3-2-4-16(14)22/h2-4,9,12H,5-8,10H2,1H3,(H,23,27)(H,24,28). The summed E-state index contributed by atoms with van der Waals surface area (Å²) in [6, 6.07) is 7.25. The second kappa shape index (κ2) is 8.34. The summed E-state index contributed by atoms with van der Waals surface area (Å²) in [4.78, 5) is 25.6. The van der Waals surface area contributed by atoms with E-state index < -0.39 is 0 Å². The van der Waals surface area contributed by atoms with E-state index in [4.69, 9.17) is 23.2 Å². The van der Waals surface area contributed by atoms with Crippen molar-refractivity contribution in [3.05, 3.63) is 50.4 Å². The molecule has 0 radical (unpaired) electrons. The van der Waals surface area contributed by atoms with Crippen LogP contribution in [0.1, 0.15) is 33.8 Å². The predicted molar refractivity (Wildman–Crippen MR) is 116 cm³/mol. The van der Waals surface area contributed by atoms with Gasteiger partial charge in [0.15, 0.2) is 0 Å². The van der Waals surface area contributed by atoms with E-state index in [1.807, 2.05) is 17.7 Å². The van der Waals surface area contributed by atoms with Crippen molar-refractivity contribution in [2.75, 3.05) is 13.1 Å². The molecule has 1 fully saturated rings. The van der Waals surface area contributed by atoms with Gasteiger partial charge in [-0.25, -0.2) is 4.68 Å². The van der Waals surface area contributed by atoms with E-state index >= 15 is 0 Å². The Hall–Kier alpha value is -2.09. The summed E-state index contributed by atoms with van der Waals surface area (Å²) in [7, 11) is 0. The minimum atomic E-state index is -0.159. The number of hydrogen-bond acceptors (Lipinski definition) is 4. The van der Waals surface area contributed by atoms with Crippen LogP contribution >= 0.6 is 34.5 Å². The van der Waals surface area contributed by atoms with Gasteiger partial charge in [0.05, 0.1) is 17.1 Å². The third-order valence-electron chi connectivity index (χ3n) is 4.86. The van der Waals surface area contributed by atoms with E-state index in [9.17, 15) is 9.59 Å². The Balaban J connectivity index is 1.45. The molecule has 29 heavy (non-hydrogen) atoms. The topological polar surface area (TPSA) is 76.0 Å². The maximum atomic E-state index is 12.5. The van der Waals surface area contributed by atoms with Crippen LogP contribution in [0.2, 0.25) is 10.0 Å². The van der Waals surface area contributed by atoms with Crippen molar-refractivity contribution in [3.8, 4) is 0 Å². The molecule has 6 nitrogen and oxygen atoms in total. The first-order valence-corrected chi connectivity index (χ1v) is 11.0. The zero-order chi connectivity index (χ0) is 20.5. The molecule has 2 aromatic heterocycles. The highest BCUT2D eigenvalue weighted by Gasteiger charge is 2.29. The lowest BCUT2D eigenvalue weighted by Crippen LogP contribution is -2.35. The van der Waals surface area contributed by atoms with Gasteiger partial charge in [0.1, 0.15) is 4.83 Å². The monoisotopic (exact) mass is 450 g/mol. The summed E-state index contributed by atoms with van der Waals surface area (Å²) in [5, 5.41) is 12.4. The van der Waals surface area contributed by atoms with E-state index in [-0.39, 0.29) is 17.7 Å². The van der Waals surface area contributed by atoms with Crippen molar-refractivity contribution < 1.29 is 9.59 Å². The Kier molecular flexibility index (Phi) is 5.81. The number of halogens is 2. The molecule has 3 aromatic rings. The molecular formula is C20H20Cl2N4O2S. The molecule has 1 aliphatic rings. The summed E-state index contributed by atoms with van der Waals surface area (Å²) in [5.74, 6) is 0.0921. The van der Waals surface area contributed by atoms with E-state index in [2.05, 4.69) is 15.7 Å². The van der Waals surface area contributed by atoms with Crippen LogP contribution < -0.4 is 10.6 Å². The van der Waals surface area contributed by atoms with Crippen LogP contribution in [0.15, 0.2) is 24.3 Å². The van der Waals surface area contributed by atoms with Gasteiger partial charge in [0, 0.05) is 40.0 Å². The van der Waals surface area contributed by atoms with Crippen LogP contribution in [-0.2, 0) is 11.3 Å². The number of benzene rings is 1. The van der Waals surface area contributed by atoms with Crippen LogP contribution in [0.3, 0.4) is 0 Å². The number of carbonyl (C=O) groups is 2. The number of aromatic nitrogens is 2. The highest BCUT2D eigenvalue weighted by Crippen LogP contribution is 2.31. The molecule has 2 amide bonds. The second-order valence-corrected chi connectivity index (χ2v) is 8.94. The van der Waals surface area contributed by atoms with Crippen molar-refractivity contribution in [3.63, 3.8) is 0 Å². The molecule has 0 spiro atoms. The summed E-state index contributed by atoms with van der Waals surface area (Å²) in [6.07, 6.45) is 1.94. The van der Waals surface area contributed by atoms with Gasteiger partial charge < -0.3 is 10.6 Å². The molecule has 0 atom stereocenters. The molecule has 4 rings (SSSR count). The number of nitrogens with one attached hydrogen (secondary N) is 2. The molecule has 0 bridgehead atoms. The van der Waals surface area contributed by atoms with E-state index in [0.29, 0.717) is 34.6 Å². The average Bonchev–Trinajstić information content (AvgIpc) is 3.38. The molecule has 1 aromatic carbocycles. The first kappa shape index (κ1) is 20.2. The number of nitrogens with zero attached hydrogens (tertiary/aromatic N) is 2. The van der Waals surface area contributed by atoms with Gasteiger partial charge in [-0.2, -0.15) is 5.10 Å². The fraction of sp³-hybridized carbons (Fsp3) is 0.350. The quantitative estimate of drug-likeness (QED) is 0.533. The van der Waals surface area contributed by atoms with Crippen LogP contribution in [-0.4, -0.2) is 34.7 Å². The molecule has 2 heterocycles. The Bertz CT molecular complexity index is 1070. The van der Waals surface area contributed by atoms with Crippen LogP contribution in [0.4, 0.5) is 0 Å². The van der Waals surface area contributed by atoms with Gasteiger partial charge in [-0.05, 0) is 38.0 Å². The molecule has 0 aliphatic heterocycles. The molecular weight excluding hydrogens is 431 g/mol. The molecule has 9 heteroatoms. The summed E-state index contributed by atoms with van der Waals surface area (Å²) in [5.41, 5.74) is 1.64. The van der Waals surface area contributed by atoms with Gasteiger partial charge in [-0.3, -0.25) is 9.59 Å². The van der Waals surface area contributed by atoms with Gasteiger partial charge in [-0.15, -0.1) is 11.3 Å². The smallest absolute Gasteiger partial charge is 0.261 e. The van der Waals surface area contributed by atoms with Gasteiger partial charge in [0.2, 0.25) is 5.91 Å². The highest BCUT2D eigenvalue weighted by atomic mass is 35.5. The fourth-order valence-electron chi connectivity index (χ4n) is 3.10. The molecule has 152 valence electrons. The zero-order valence-electron chi connectivity index (χ0n) is 15.8. The number of hydrogen-bond donors (Lipinski definition) is 2. The lowest BCUT2D eigenvalue weighted by atomic mass is 10.2. The number of thiophene rings is 1. The SMILES string of the molecule is Cc1nn(Cc2c(Cl)cccc2Cl)c2sc(C(=O)NCCNC(=O)C3CC3)cc12. The van der Waals surface area contributed by atoms with Gasteiger partial charge in [-0.1, -0.05) is 29.3 Å². The third kappa shape index (κ3) is 4.42. The average molecular weight is 451 g/mol. The molecule has 1 saturated carbocycles. The van der Waals surface area contributed by atoms with Crippen molar-refractivity contribution in [2.24, 2.45) is 5.92 Å². The number of rotatable bonds is 7.